The van der Waals surface area contributed by atoms with Gasteiger partial charge in [0.1, 0.15) is 0 Å². The number of carbonyl (C=O) groups excluding carboxylic acids is 1. The Labute approximate surface area is 121 Å². The highest BCUT2D eigenvalue weighted by Crippen LogP contribution is 2.18. The van der Waals surface area contributed by atoms with Crippen LogP contribution >= 0.6 is 34.2 Å². The van der Waals surface area contributed by atoms with Gasteiger partial charge in [-0.15, -0.1) is 11.6 Å². The lowest BCUT2D eigenvalue weighted by Crippen LogP contribution is -2.49. The molecule has 0 aliphatic carbocycles. The molecule has 0 fully saturated rings. The number of hydrogen-bond donors (Lipinski definition) is 1. The molecule has 1 amide bonds. The number of benzene rings is 1. The Hall–Kier alpha value is -0.290. The molecule has 94 valence electrons. The SMILES string of the molecule is CCC(CC)(CCl)NC(=O)c1ccc(I)cc1. The number of rotatable bonds is 5. The first-order chi connectivity index (χ1) is 8.06. The zero-order valence-electron chi connectivity index (χ0n) is 10.1. The van der Waals surface area contributed by atoms with E-state index in [1.807, 2.05) is 38.1 Å². The van der Waals surface area contributed by atoms with Gasteiger partial charge in [-0.05, 0) is 59.7 Å². The summed E-state index contributed by atoms with van der Waals surface area (Å²) >= 11 is 8.18. The van der Waals surface area contributed by atoms with E-state index < -0.39 is 0 Å². The molecule has 0 bridgehead atoms. The van der Waals surface area contributed by atoms with E-state index in [1.165, 1.54) is 0 Å². The van der Waals surface area contributed by atoms with Crippen molar-refractivity contribution in [3.8, 4) is 0 Å². The van der Waals surface area contributed by atoms with Crippen LogP contribution < -0.4 is 5.32 Å². The molecule has 2 nitrogen and oxygen atoms in total. The third-order valence-electron chi connectivity index (χ3n) is 3.09. The minimum absolute atomic E-state index is 0.0502. The minimum atomic E-state index is -0.290. The summed E-state index contributed by atoms with van der Waals surface area (Å²) in [5.74, 6) is 0.390. The van der Waals surface area contributed by atoms with E-state index in [4.69, 9.17) is 11.6 Å². The van der Waals surface area contributed by atoms with Crippen molar-refractivity contribution in [1.82, 2.24) is 5.32 Å². The molecule has 0 saturated carbocycles. The Morgan fingerprint density at radius 2 is 1.82 bits per heavy atom. The van der Waals surface area contributed by atoms with Crippen molar-refractivity contribution in [2.24, 2.45) is 0 Å². The van der Waals surface area contributed by atoms with Gasteiger partial charge in [0.2, 0.25) is 0 Å². The van der Waals surface area contributed by atoms with Gasteiger partial charge in [0, 0.05) is 15.0 Å². The number of alkyl halides is 1. The summed E-state index contributed by atoms with van der Waals surface area (Å²) in [5.41, 5.74) is 0.392. The number of halogens is 2. The highest BCUT2D eigenvalue weighted by atomic mass is 127. The van der Waals surface area contributed by atoms with Crippen LogP contribution in [0.15, 0.2) is 24.3 Å². The third kappa shape index (κ3) is 3.85. The molecule has 0 spiro atoms. The maximum atomic E-state index is 12.1. The van der Waals surface area contributed by atoms with E-state index in [-0.39, 0.29) is 11.4 Å². The lowest BCUT2D eigenvalue weighted by Gasteiger charge is -2.30. The average Bonchev–Trinajstić information content (AvgIpc) is 2.37. The van der Waals surface area contributed by atoms with Gasteiger partial charge in [0.05, 0.1) is 5.54 Å². The standard InChI is InChI=1S/C13H17ClINO/c1-3-13(4-2,9-14)16-12(17)10-5-7-11(15)8-6-10/h5-8H,3-4,9H2,1-2H3,(H,16,17). The monoisotopic (exact) mass is 365 g/mol. The van der Waals surface area contributed by atoms with Crippen LogP contribution in [0.4, 0.5) is 0 Å². The van der Waals surface area contributed by atoms with Crippen LogP contribution in [0, 0.1) is 3.57 Å². The van der Waals surface area contributed by atoms with E-state index in [9.17, 15) is 4.79 Å². The van der Waals surface area contributed by atoms with Crippen molar-refractivity contribution >= 4 is 40.1 Å². The van der Waals surface area contributed by atoms with E-state index in [2.05, 4.69) is 27.9 Å². The van der Waals surface area contributed by atoms with Crippen LogP contribution in [0.3, 0.4) is 0 Å². The molecule has 17 heavy (non-hydrogen) atoms. The Morgan fingerprint density at radius 3 is 2.24 bits per heavy atom. The molecule has 0 atom stereocenters. The summed E-state index contributed by atoms with van der Waals surface area (Å²) in [6.07, 6.45) is 1.67. The summed E-state index contributed by atoms with van der Waals surface area (Å²) in [4.78, 5) is 12.1. The minimum Gasteiger partial charge on any atom is -0.345 e. The van der Waals surface area contributed by atoms with Gasteiger partial charge in [-0.25, -0.2) is 0 Å². The first-order valence-electron chi connectivity index (χ1n) is 5.71. The predicted molar refractivity (Wildman–Crippen MR) is 80.7 cm³/mol. The molecule has 1 N–H and O–H groups in total. The van der Waals surface area contributed by atoms with Crippen LogP contribution in [0.1, 0.15) is 37.0 Å². The second-order valence-electron chi connectivity index (χ2n) is 4.08. The number of carbonyl (C=O) groups is 1. The zero-order valence-corrected chi connectivity index (χ0v) is 13.0. The van der Waals surface area contributed by atoms with E-state index in [1.54, 1.807) is 0 Å². The average molecular weight is 366 g/mol. The maximum Gasteiger partial charge on any atom is 0.251 e. The molecular weight excluding hydrogens is 349 g/mol. The highest BCUT2D eigenvalue weighted by molar-refractivity contribution is 14.1. The summed E-state index contributed by atoms with van der Waals surface area (Å²) in [5, 5.41) is 3.04. The third-order valence-corrected chi connectivity index (χ3v) is 4.33. The summed E-state index contributed by atoms with van der Waals surface area (Å²) in [7, 11) is 0. The van der Waals surface area contributed by atoms with Crippen LogP contribution in [-0.4, -0.2) is 17.3 Å². The van der Waals surface area contributed by atoms with Gasteiger partial charge in [0.15, 0.2) is 0 Å². The maximum absolute atomic E-state index is 12.1. The molecule has 1 aromatic carbocycles. The normalized spacial score (nSPS) is 11.3. The van der Waals surface area contributed by atoms with Gasteiger partial charge in [-0.1, -0.05) is 13.8 Å². The number of nitrogens with one attached hydrogen (secondary N) is 1. The molecule has 0 unspecified atom stereocenters. The topological polar surface area (TPSA) is 29.1 Å². The number of hydrogen-bond acceptors (Lipinski definition) is 1. The molecule has 0 aliphatic heterocycles. The quantitative estimate of drug-likeness (QED) is 0.624. The Balaban J connectivity index is 2.81. The lowest BCUT2D eigenvalue weighted by molar-refractivity contribution is 0.0902. The summed E-state index contributed by atoms with van der Waals surface area (Å²) < 4.78 is 1.12. The van der Waals surface area contributed by atoms with Crippen molar-refractivity contribution < 1.29 is 4.79 Å². The fourth-order valence-electron chi connectivity index (χ4n) is 1.56. The van der Waals surface area contributed by atoms with Gasteiger partial charge < -0.3 is 5.32 Å². The summed E-state index contributed by atoms with van der Waals surface area (Å²) in [6.45, 7) is 4.08. The molecule has 0 saturated heterocycles. The highest BCUT2D eigenvalue weighted by Gasteiger charge is 2.27. The lowest BCUT2D eigenvalue weighted by atomic mass is 9.94. The van der Waals surface area contributed by atoms with Crippen molar-refractivity contribution in [3.63, 3.8) is 0 Å². The molecule has 0 heterocycles. The van der Waals surface area contributed by atoms with Gasteiger partial charge in [-0.2, -0.15) is 0 Å². The largest absolute Gasteiger partial charge is 0.345 e. The Morgan fingerprint density at radius 1 is 1.29 bits per heavy atom. The first kappa shape index (κ1) is 14.8. The van der Waals surface area contributed by atoms with Gasteiger partial charge >= 0.3 is 0 Å². The van der Waals surface area contributed by atoms with Gasteiger partial charge in [-0.3, -0.25) is 4.79 Å². The fourth-order valence-corrected chi connectivity index (χ4v) is 2.37. The zero-order chi connectivity index (χ0) is 12.9. The van der Waals surface area contributed by atoms with Crippen LogP contribution in [0.2, 0.25) is 0 Å². The molecular formula is C13H17ClINO. The fraction of sp³-hybridized carbons (Fsp3) is 0.462. The summed E-state index contributed by atoms with van der Waals surface area (Å²) in [6, 6.07) is 7.52. The molecule has 4 heteroatoms. The first-order valence-corrected chi connectivity index (χ1v) is 7.32. The predicted octanol–water partition coefficient (Wildman–Crippen LogP) is 3.82. The van der Waals surface area contributed by atoms with Gasteiger partial charge in [0.25, 0.3) is 5.91 Å². The van der Waals surface area contributed by atoms with E-state index in [0.29, 0.717) is 11.4 Å². The second-order valence-corrected chi connectivity index (χ2v) is 5.59. The van der Waals surface area contributed by atoms with Crippen molar-refractivity contribution in [2.45, 2.75) is 32.2 Å². The molecule has 0 radical (unpaired) electrons. The Kier molecular flexibility index (Phi) is 5.73. The number of amides is 1. The Bertz CT molecular complexity index is 365. The van der Waals surface area contributed by atoms with Crippen molar-refractivity contribution in [3.05, 3.63) is 33.4 Å². The molecule has 0 aromatic heterocycles. The van der Waals surface area contributed by atoms with Crippen molar-refractivity contribution in [1.29, 1.82) is 0 Å². The van der Waals surface area contributed by atoms with Crippen LogP contribution in [0.25, 0.3) is 0 Å². The molecule has 1 rings (SSSR count). The van der Waals surface area contributed by atoms with Crippen LogP contribution in [0.5, 0.6) is 0 Å². The molecule has 0 aliphatic rings. The molecule has 1 aromatic rings. The smallest absolute Gasteiger partial charge is 0.251 e. The van der Waals surface area contributed by atoms with E-state index >= 15 is 0 Å². The van der Waals surface area contributed by atoms with Crippen LogP contribution in [-0.2, 0) is 0 Å². The van der Waals surface area contributed by atoms with E-state index in [0.717, 1.165) is 16.4 Å². The second kappa shape index (κ2) is 6.59. The van der Waals surface area contributed by atoms with Crippen molar-refractivity contribution in [2.75, 3.05) is 5.88 Å².